The summed E-state index contributed by atoms with van der Waals surface area (Å²) >= 11 is 0. The minimum Gasteiger partial charge on any atom is -0.371 e. The second-order valence-electron chi connectivity index (χ2n) is 7.61. The maximum absolute atomic E-state index is 13.0. The fourth-order valence-corrected chi connectivity index (χ4v) is 3.71. The zero-order valence-corrected chi connectivity index (χ0v) is 16.4. The molecule has 1 saturated heterocycles. The molecule has 0 atom stereocenters. The van der Waals surface area contributed by atoms with E-state index < -0.39 is 0 Å². The number of anilines is 2. The first-order valence-electron chi connectivity index (χ1n) is 9.85. The summed E-state index contributed by atoms with van der Waals surface area (Å²) < 4.78 is 1.68. The third-order valence-electron chi connectivity index (χ3n) is 5.37. The highest BCUT2D eigenvalue weighted by molar-refractivity contribution is 6.08. The van der Waals surface area contributed by atoms with Gasteiger partial charge < -0.3 is 10.2 Å². The Kier molecular flexibility index (Phi) is 5.15. The third-order valence-corrected chi connectivity index (χ3v) is 5.37. The number of piperidine rings is 1. The van der Waals surface area contributed by atoms with Crippen LogP contribution in [0.3, 0.4) is 0 Å². The fourth-order valence-electron chi connectivity index (χ4n) is 3.71. The van der Waals surface area contributed by atoms with Gasteiger partial charge in [0.1, 0.15) is 5.69 Å². The molecule has 28 heavy (non-hydrogen) atoms. The van der Waals surface area contributed by atoms with E-state index in [9.17, 15) is 4.79 Å². The van der Waals surface area contributed by atoms with Gasteiger partial charge in [-0.25, -0.2) is 0 Å². The fraction of sp³-hybridized carbons (Fsp3) is 0.304. The summed E-state index contributed by atoms with van der Waals surface area (Å²) in [5.74, 6) is 0.650. The molecule has 0 saturated carbocycles. The molecule has 1 aliphatic rings. The van der Waals surface area contributed by atoms with Gasteiger partial charge in [0.2, 0.25) is 0 Å². The van der Waals surface area contributed by atoms with Crippen LogP contribution in [0.25, 0.3) is 11.3 Å². The van der Waals surface area contributed by atoms with Crippen molar-refractivity contribution in [1.82, 2.24) is 9.78 Å². The smallest absolute Gasteiger partial charge is 0.259 e. The number of nitrogens with zero attached hydrogens (tertiary/aromatic N) is 3. The van der Waals surface area contributed by atoms with Crippen LogP contribution in [0.4, 0.5) is 11.4 Å². The number of hydrogen-bond acceptors (Lipinski definition) is 3. The van der Waals surface area contributed by atoms with Crippen molar-refractivity contribution in [2.24, 2.45) is 13.0 Å². The van der Waals surface area contributed by atoms with Gasteiger partial charge in [-0.05, 0) is 37.0 Å². The van der Waals surface area contributed by atoms with Crippen molar-refractivity contribution in [1.29, 1.82) is 0 Å². The number of nitrogens with one attached hydrogen (secondary N) is 1. The van der Waals surface area contributed by atoms with Gasteiger partial charge in [-0.3, -0.25) is 9.48 Å². The largest absolute Gasteiger partial charge is 0.371 e. The maximum atomic E-state index is 13.0. The minimum absolute atomic E-state index is 0.142. The van der Waals surface area contributed by atoms with Crippen molar-refractivity contribution in [2.75, 3.05) is 23.3 Å². The molecule has 0 bridgehead atoms. The Labute approximate surface area is 166 Å². The van der Waals surface area contributed by atoms with Crippen molar-refractivity contribution in [2.45, 2.75) is 19.8 Å². The van der Waals surface area contributed by atoms with Crippen LogP contribution in [0, 0.1) is 5.92 Å². The molecule has 0 unspecified atom stereocenters. The van der Waals surface area contributed by atoms with Crippen molar-refractivity contribution >= 4 is 17.3 Å². The molecule has 1 amide bonds. The van der Waals surface area contributed by atoms with Gasteiger partial charge >= 0.3 is 0 Å². The number of aryl methyl sites for hydroxylation is 1. The minimum atomic E-state index is -0.142. The maximum Gasteiger partial charge on any atom is 0.259 e. The van der Waals surface area contributed by atoms with Gasteiger partial charge in [-0.1, -0.05) is 43.3 Å². The molecule has 0 spiro atoms. The zero-order valence-electron chi connectivity index (χ0n) is 16.4. The van der Waals surface area contributed by atoms with Gasteiger partial charge in [-0.15, -0.1) is 0 Å². The monoisotopic (exact) mass is 374 g/mol. The van der Waals surface area contributed by atoms with Gasteiger partial charge in [0, 0.05) is 43.3 Å². The molecule has 144 valence electrons. The molecule has 2 heterocycles. The molecule has 5 nitrogen and oxygen atoms in total. The number of rotatable bonds is 4. The van der Waals surface area contributed by atoms with E-state index in [-0.39, 0.29) is 5.91 Å². The molecular formula is C23H26N4O. The molecular weight excluding hydrogens is 348 g/mol. The van der Waals surface area contributed by atoms with Crippen molar-refractivity contribution in [3.63, 3.8) is 0 Å². The van der Waals surface area contributed by atoms with Crippen LogP contribution >= 0.6 is 0 Å². The molecule has 1 aromatic heterocycles. The Morgan fingerprint density at radius 1 is 1.07 bits per heavy atom. The Morgan fingerprint density at radius 2 is 1.82 bits per heavy atom. The molecule has 2 aromatic carbocycles. The van der Waals surface area contributed by atoms with Gasteiger partial charge in [-0.2, -0.15) is 5.10 Å². The lowest BCUT2D eigenvalue weighted by Gasteiger charge is -2.32. The highest BCUT2D eigenvalue weighted by atomic mass is 16.1. The van der Waals surface area contributed by atoms with Crippen molar-refractivity contribution < 1.29 is 4.79 Å². The van der Waals surface area contributed by atoms with Crippen LogP contribution in [0.5, 0.6) is 0 Å². The summed E-state index contributed by atoms with van der Waals surface area (Å²) in [4.78, 5) is 15.4. The highest BCUT2D eigenvalue weighted by Gasteiger charge is 2.19. The SMILES string of the molecule is CC1CCN(c2cccc(NC(=O)c3cn(C)nc3-c3ccccc3)c2)CC1. The standard InChI is InChI=1S/C23H26N4O/c1-17-11-13-27(14-12-17)20-10-6-9-19(15-20)24-23(28)21-16-26(2)25-22(21)18-7-4-3-5-8-18/h3-10,15-17H,11-14H2,1-2H3,(H,24,28). The topological polar surface area (TPSA) is 50.2 Å². The number of amides is 1. The molecule has 1 fully saturated rings. The van der Waals surface area contributed by atoms with E-state index in [1.807, 2.05) is 49.5 Å². The lowest BCUT2D eigenvalue weighted by atomic mass is 9.99. The highest BCUT2D eigenvalue weighted by Crippen LogP contribution is 2.26. The van der Waals surface area contributed by atoms with Gasteiger partial charge in [0.25, 0.3) is 5.91 Å². The molecule has 1 aliphatic heterocycles. The molecule has 5 heteroatoms. The van der Waals surface area contributed by atoms with Crippen molar-refractivity contribution in [3.05, 3.63) is 66.4 Å². The molecule has 1 N–H and O–H groups in total. The number of aromatic nitrogens is 2. The lowest BCUT2D eigenvalue weighted by molar-refractivity contribution is 0.102. The van der Waals surface area contributed by atoms with Gasteiger partial charge in [0.05, 0.1) is 5.56 Å². The molecule has 0 aliphatic carbocycles. The third kappa shape index (κ3) is 3.93. The molecule has 3 aromatic rings. The number of carbonyl (C=O) groups excluding carboxylic acids is 1. The van der Waals surface area contributed by atoms with E-state index in [1.54, 1.807) is 10.9 Å². The Morgan fingerprint density at radius 3 is 2.57 bits per heavy atom. The Hall–Kier alpha value is -3.08. The summed E-state index contributed by atoms with van der Waals surface area (Å²) in [5.41, 5.74) is 4.18. The number of benzene rings is 2. The predicted molar refractivity (Wildman–Crippen MR) is 114 cm³/mol. The Balaban J connectivity index is 1.54. The number of hydrogen-bond donors (Lipinski definition) is 1. The van der Waals surface area contributed by atoms with E-state index in [0.29, 0.717) is 11.3 Å². The summed E-state index contributed by atoms with van der Waals surface area (Å²) in [7, 11) is 1.83. The summed E-state index contributed by atoms with van der Waals surface area (Å²) in [6, 6.07) is 17.9. The molecule has 0 radical (unpaired) electrons. The zero-order chi connectivity index (χ0) is 19.5. The van der Waals surface area contributed by atoms with Crippen LogP contribution in [-0.4, -0.2) is 28.8 Å². The summed E-state index contributed by atoms with van der Waals surface area (Å²) in [6.45, 7) is 4.45. The average molecular weight is 374 g/mol. The second kappa shape index (κ2) is 7.89. The van der Waals surface area contributed by atoms with E-state index >= 15 is 0 Å². The van der Waals surface area contributed by atoms with E-state index in [1.165, 1.54) is 18.5 Å². The first-order chi connectivity index (χ1) is 13.6. The van der Waals surface area contributed by atoms with E-state index in [0.717, 1.165) is 30.3 Å². The quantitative estimate of drug-likeness (QED) is 0.727. The van der Waals surface area contributed by atoms with Crippen LogP contribution in [0.15, 0.2) is 60.8 Å². The predicted octanol–water partition coefficient (Wildman–Crippen LogP) is 4.58. The lowest BCUT2D eigenvalue weighted by Crippen LogP contribution is -2.32. The summed E-state index contributed by atoms with van der Waals surface area (Å²) in [6.07, 6.45) is 4.20. The normalized spacial score (nSPS) is 14.9. The Bertz CT molecular complexity index is 956. The van der Waals surface area contributed by atoms with E-state index in [4.69, 9.17) is 0 Å². The first kappa shape index (κ1) is 18.3. The average Bonchev–Trinajstić information content (AvgIpc) is 3.11. The van der Waals surface area contributed by atoms with Crippen LogP contribution in [-0.2, 0) is 7.05 Å². The second-order valence-corrected chi connectivity index (χ2v) is 7.61. The van der Waals surface area contributed by atoms with Crippen LogP contribution < -0.4 is 10.2 Å². The van der Waals surface area contributed by atoms with Crippen LogP contribution in [0.1, 0.15) is 30.1 Å². The molecule has 4 rings (SSSR count). The number of carbonyl (C=O) groups is 1. The van der Waals surface area contributed by atoms with Crippen molar-refractivity contribution in [3.8, 4) is 11.3 Å². The summed E-state index contributed by atoms with van der Waals surface area (Å²) in [5, 5.41) is 7.54. The van der Waals surface area contributed by atoms with Crippen LogP contribution in [0.2, 0.25) is 0 Å². The van der Waals surface area contributed by atoms with E-state index in [2.05, 4.69) is 34.4 Å². The first-order valence-corrected chi connectivity index (χ1v) is 9.85. The van der Waals surface area contributed by atoms with Gasteiger partial charge in [0.15, 0.2) is 0 Å².